The van der Waals surface area contributed by atoms with Crippen LogP contribution in [0, 0.1) is 17.3 Å². The lowest BCUT2D eigenvalue weighted by molar-refractivity contribution is -0.239. The highest BCUT2D eigenvalue weighted by Gasteiger charge is 2.51. The third kappa shape index (κ3) is 3.15. The van der Waals surface area contributed by atoms with Crippen LogP contribution in [0.5, 0.6) is 0 Å². The number of nitrogens with one attached hydrogen (secondary N) is 1. The van der Waals surface area contributed by atoms with Crippen LogP contribution in [0.4, 0.5) is 5.69 Å². The first-order valence-electron chi connectivity index (χ1n) is 9.64. The number of ether oxygens (including phenoxy) is 2. The van der Waals surface area contributed by atoms with Crippen LogP contribution in [0.2, 0.25) is 0 Å². The fourth-order valence-corrected chi connectivity index (χ4v) is 5.78. The van der Waals surface area contributed by atoms with E-state index >= 15 is 0 Å². The maximum absolute atomic E-state index is 12.6. The summed E-state index contributed by atoms with van der Waals surface area (Å²) in [6, 6.07) is 15.6. The summed E-state index contributed by atoms with van der Waals surface area (Å²) in [7, 11) is -3.62. The van der Waals surface area contributed by atoms with Crippen molar-refractivity contribution < 1.29 is 17.9 Å². The van der Waals surface area contributed by atoms with E-state index in [1.165, 1.54) is 6.42 Å². The maximum Gasteiger partial charge on any atom is 0.261 e. The van der Waals surface area contributed by atoms with Crippen molar-refractivity contribution in [2.24, 2.45) is 17.3 Å². The predicted octanol–water partition coefficient (Wildman–Crippen LogP) is 4.12. The molecule has 1 heterocycles. The molecule has 6 heteroatoms. The minimum atomic E-state index is -3.62. The summed E-state index contributed by atoms with van der Waals surface area (Å²) in [4.78, 5) is 0.233. The Morgan fingerprint density at radius 2 is 1.75 bits per heavy atom. The number of fused-ring (bicyclic) bond motifs is 3. The molecule has 2 atom stereocenters. The van der Waals surface area contributed by atoms with Crippen LogP contribution in [0.25, 0.3) is 0 Å². The van der Waals surface area contributed by atoms with Crippen LogP contribution < -0.4 is 4.72 Å². The van der Waals surface area contributed by atoms with Gasteiger partial charge in [-0.2, -0.15) is 0 Å². The largest absolute Gasteiger partial charge is 0.348 e. The fourth-order valence-electron chi connectivity index (χ4n) is 4.71. The Morgan fingerprint density at radius 1 is 0.964 bits per heavy atom. The van der Waals surface area contributed by atoms with Gasteiger partial charge in [0.05, 0.1) is 18.1 Å². The van der Waals surface area contributed by atoms with Crippen molar-refractivity contribution in [1.29, 1.82) is 0 Å². The third-order valence-electron chi connectivity index (χ3n) is 6.14. The van der Waals surface area contributed by atoms with Crippen molar-refractivity contribution in [3.63, 3.8) is 0 Å². The molecule has 1 N–H and O–H groups in total. The molecule has 1 aliphatic heterocycles. The van der Waals surface area contributed by atoms with Gasteiger partial charge in [0.15, 0.2) is 6.29 Å². The SMILES string of the molecule is O=S(=O)(Nc1cccc(C2OCC3(CO2)C[C@H]2C=C[C@@H]3C2)c1)c1ccccc1. The van der Waals surface area contributed by atoms with E-state index < -0.39 is 16.3 Å². The van der Waals surface area contributed by atoms with E-state index in [4.69, 9.17) is 9.47 Å². The molecule has 2 bridgehead atoms. The highest BCUT2D eigenvalue weighted by atomic mass is 32.2. The van der Waals surface area contributed by atoms with Gasteiger partial charge in [0, 0.05) is 16.7 Å². The summed E-state index contributed by atoms with van der Waals surface area (Å²) >= 11 is 0. The monoisotopic (exact) mass is 397 g/mol. The number of allylic oxidation sites excluding steroid dienone is 2. The highest BCUT2D eigenvalue weighted by molar-refractivity contribution is 7.92. The third-order valence-corrected chi connectivity index (χ3v) is 7.53. The lowest BCUT2D eigenvalue weighted by Gasteiger charge is -2.41. The second-order valence-electron chi connectivity index (χ2n) is 8.05. The van der Waals surface area contributed by atoms with E-state index in [9.17, 15) is 8.42 Å². The Balaban J connectivity index is 1.30. The maximum atomic E-state index is 12.6. The second-order valence-corrected chi connectivity index (χ2v) is 9.73. The number of hydrogen-bond donors (Lipinski definition) is 1. The standard InChI is InChI=1S/C22H23NO4S/c24-28(25,20-7-2-1-3-8-20)23-19-6-4-5-17(12-19)21-26-14-22(15-27-21)13-16-9-10-18(22)11-16/h1-10,12,16,18,21,23H,11,13-15H2/t16-,18+,21?,22?/m0/s1. The molecule has 2 aromatic carbocycles. The summed E-state index contributed by atoms with van der Waals surface area (Å²) in [6.45, 7) is 1.37. The zero-order chi connectivity index (χ0) is 19.2. The number of rotatable bonds is 4. The minimum absolute atomic E-state index is 0.114. The molecule has 0 radical (unpaired) electrons. The zero-order valence-corrected chi connectivity index (χ0v) is 16.3. The summed E-state index contributed by atoms with van der Waals surface area (Å²) < 4.78 is 39.9. The molecule has 0 aromatic heterocycles. The van der Waals surface area contributed by atoms with Gasteiger partial charge in [-0.3, -0.25) is 4.72 Å². The van der Waals surface area contributed by atoms with E-state index in [1.807, 2.05) is 12.1 Å². The summed E-state index contributed by atoms with van der Waals surface area (Å²) in [5.74, 6) is 1.23. The Labute approximate surface area is 165 Å². The second kappa shape index (κ2) is 6.72. The summed E-state index contributed by atoms with van der Waals surface area (Å²) in [5, 5.41) is 0. The first kappa shape index (κ1) is 17.9. The molecule has 146 valence electrons. The predicted molar refractivity (Wildman–Crippen MR) is 106 cm³/mol. The van der Waals surface area contributed by atoms with Gasteiger partial charge in [-0.25, -0.2) is 8.42 Å². The topological polar surface area (TPSA) is 64.6 Å². The van der Waals surface area contributed by atoms with Crippen LogP contribution >= 0.6 is 0 Å². The number of sulfonamides is 1. The summed E-state index contributed by atoms with van der Waals surface area (Å²) in [6.07, 6.45) is 6.53. The highest BCUT2D eigenvalue weighted by Crippen LogP contribution is 2.54. The van der Waals surface area contributed by atoms with E-state index in [0.29, 0.717) is 30.7 Å². The minimum Gasteiger partial charge on any atom is -0.348 e. The van der Waals surface area contributed by atoms with Crippen LogP contribution in [0.1, 0.15) is 24.7 Å². The van der Waals surface area contributed by atoms with Gasteiger partial charge in [0.25, 0.3) is 10.0 Å². The molecular weight excluding hydrogens is 374 g/mol. The Kier molecular flexibility index (Phi) is 4.30. The van der Waals surface area contributed by atoms with Gasteiger partial charge in [-0.05, 0) is 48.9 Å². The molecular formula is C22H23NO4S. The number of anilines is 1. The molecule has 5 nitrogen and oxygen atoms in total. The normalized spacial score (nSPS) is 31.4. The van der Waals surface area contributed by atoms with Gasteiger partial charge in [-0.15, -0.1) is 0 Å². The van der Waals surface area contributed by atoms with E-state index in [0.717, 1.165) is 12.0 Å². The molecule has 1 saturated carbocycles. The Hall–Kier alpha value is -2.15. The summed E-state index contributed by atoms with van der Waals surface area (Å²) in [5.41, 5.74) is 1.43. The lowest BCUT2D eigenvalue weighted by Crippen LogP contribution is -2.41. The van der Waals surface area contributed by atoms with Gasteiger partial charge in [0.1, 0.15) is 0 Å². The smallest absolute Gasteiger partial charge is 0.261 e. The average molecular weight is 397 g/mol. The van der Waals surface area contributed by atoms with E-state index in [2.05, 4.69) is 16.9 Å². The molecule has 0 unspecified atom stereocenters. The first-order valence-corrected chi connectivity index (χ1v) is 11.1. The molecule has 2 fully saturated rings. The average Bonchev–Trinajstić information content (AvgIpc) is 3.30. The number of benzene rings is 2. The van der Waals surface area contributed by atoms with Crippen molar-refractivity contribution in [3.05, 3.63) is 72.3 Å². The van der Waals surface area contributed by atoms with Crippen LogP contribution in [0.15, 0.2) is 71.6 Å². The first-order chi connectivity index (χ1) is 13.5. The molecule has 0 amide bonds. The van der Waals surface area contributed by atoms with Gasteiger partial charge < -0.3 is 9.47 Å². The molecule has 28 heavy (non-hydrogen) atoms. The fraction of sp³-hybridized carbons (Fsp3) is 0.364. The Bertz CT molecular complexity index is 994. The van der Waals surface area contributed by atoms with Crippen molar-refractivity contribution in [1.82, 2.24) is 0 Å². The van der Waals surface area contributed by atoms with Crippen molar-refractivity contribution >= 4 is 15.7 Å². The number of hydrogen-bond acceptors (Lipinski definition) is 4. The quantitative estimate of drug-likeness (QED) is 0.789. The van der Waals surface area contributed by atoms with E-state index in [-0.39, 0.29) is 10.3 Å². The van der Waals surface area contributed by atoms with Gasteiger partial charge in [-0.1, -0.05) is 42.5 Å². The van der Waals surface area contributed by atoms with Gasteiger partial charge in [0.2, 0.25) is 0 Å². The molecule has 1 saturated heterocycles. The Morgan fingerprint density at radius 3 is 2.43 bits per heavy atom. The molecule has 1 spiro atoms. The van der Waals surface area contributed by atoms with Crippen LogP contribution in [-0.2, 0) is 19.5 Å². The van der Waals surface area contributed by atoms with Gasteiger partial charge >= 0.3 is 0 Å². The van der Waals surface area contributed by atoms with Crippen molar-refractivity contribution in [2.75, 3.05) is 17.9 Å². The van der Waals surface area contributed by atoms with Crippen molar-refractivity contribution in [2.45, 2.75) is 24.0 Å². The molecule has 5 rings (SSSR count). The molecule has 2 aliphatic carbocycles. The lowest BCUT2D eigenvalue weighted by atomic mass is 9.76. The van der Waals surface area contributed by atoms with Crippen LogP contribution in [0.3, 0.4) is 0 Å². The zero-order valence-electron chi connectivity index (χ0n) is 15.5. The molecule has 2 aromatic rings. The van der Waals surface area contributed by atoms with E-state index in [1.54, 1.807) is 42.5 Å². The molecule has 3 aliphatic rings. The van der Waals surface area contributed by atoms with Crippen molar-refractivity contribution in [3.8, 4) is 0 Å². The van der Waals surface area contributed by atoms with Crippen LogP contribution in [-0.4, -0.2) is 21.6 Å².